The Kier molecular flexibility index (Phi) is 1.69. The van der Waals surface area contributed by atoms with Crippen molar-refractivity contribution in [3.63, 3.8) is 0 Å². The molecule has 1 heterocycles. The number of hydrogen-bond acceptors (Lipinski definition) is 1. The van der Waals surface area contributed by atoms with Gasteiger partial charge in [-0.25, -0.2) is 0 Å². The van der Waals surface area contributed by atoms with E-state index < -0.39 is 0 Å². The van der Waals surface area contributed by atoms with Crippen molar-refractivity contribution < 1.29 is 0 Å². The molecule has 1 saturated carbocycles. The highest BCUT2D eigenvalue weighted by atomic mass is 15.2. The van der Waals surface area contributed by atoms with E-state index in [4.69, 9.17) is 0 Å². The van der Waals surface area contributed by atoms with Crippen LogP contribution in [0.4, 0.5) is 0 Å². The molecule has 1 saturated heterocycles. The number of nitrogens with zero attached hydrogens (tertiary/aromatic N) is 1. The average Bonchev–Trinajstić information content (AvgIpc) is 2.86. The molecule has 3 aliphatic rings. The second kappa shape index (κ2) is 2.63. The first-order valence-electron chi connectivity index (χ1n) is 6.02. The standard InChI is InChI=1S/C13H21N/c1-9-6-10(2)13(8-9)4-5-14(3)12-7-11(12)13/h6,9,11-12H,4-5,7-8H2,1-3H3. The molecule has 14 heavy (non-hydrogen) atoms. The summed E-state index contributed by atoms with van der Waals surface area (Å²) in [4.78, 5) is 2.58. The number of hydrogen-bond donors (Lipinski definition) is 0. The highest BCUT2D eigenvalue weighted by Crippen LogP contribution is 2.62. The topological polar surface area (TPSA) is 3.24 Å². The summed E-state index contributed by atoms with van der Waals surface area (Å²) in [5.41, 5.74) is 2.35. The molecule has 0 bridgehead atoms. The minimum Gasteiger partial charge on any atom is -0.303 e. The summed E-state index contributed by atoms with van der Waals surface area (Å²) in [6.45, 7) is 6.08. The first-order chi connectivity index (χ1) is 6.63. The van der Waals surface area contributed by atoms with E-state index >= 15 is 0 Å². The minimum atomic E-state index is 0.636. The zero-order chi connectivity index (χ0) is 9.92. The van der Waals surface area contributed by atoms with Crippen LogP contribution in [0.15, 0.2) is 11.6 Å². The summed E-state index contributed by atoms with van der Waals surface area (Å²) in [5, 5.41) is 0. The van der Waals surface area contributed by atoms with Crippen LogP contribution < -0.4 is 0 Å². The fourth-order valence-corrected chi connectivity index (χ4v) is 4.12. The Morgan fingerprint density at radius 3 is 2.93 bits per heavy atom. The normalized spacial score (nSPS) is 51.9. The van der Waals surface area contributed by atoms with Crippen molar-refractivity contribution in [2.75, 3.05) is 13.6 Å². The summed E-state index contributed by atoms with van der Waals surface area (Å²) in [7, 11) is 2.30. The van der Waals surface area contributed by atoms with E-state index in [-0.39, 0.29) is 0 Å². The molecule has 2 fully saturated rings. The first-order valence-corrected chi connectivity index (χ1v) is 6.02. The quantitative estimate of drug-likeness (QED) is 0.532. The van der Waals surface area contributed by atoms with Crippen molar-refractivity contribution in [2.45, 2.75) is 39.2 Å². The molecule has 1 aliphatic heterocycles. The van der Waals surface area contributed by atoms with Gasteiger partial charge in [-0.15, -0.1) is 0 Å². The van der Waals surface area contributed by atoms with E-state index in [0.717, 1.165) is 17.9 Å². The molecule has 0 aromatic rings. The Hall–Kier alpha value is -0.300. The molecule has 1 heteroatoms. The molecular weight excluding hydrogens is 170 g/mol. The van der Waals surface area contributed by atoms with Crippen LogP contribution in [0.3, 0.4) is 0 Å². The minimum absolute atomic E-state index is 0.636. The second-order valence-corrected chi connectivity index (χ2v) is 5.83. The molecule has 78 valence electrons. The molecule has 0 aromatic heterocycles. The number of allylic oxidation sites excluding steroid dienone is 2. The molecular formula is C13H21N. The van der Waals surface area contributed by atoms with Gasteiger partial charge in [-0.1, -0.05) is 18.6 Å². The Morgan fingerprint density at radius 1 is 1.50 bits per heavy atom. The monoisotopic (exact) mass is 191 g/mol. The third kappa shape index (κ3) is 0.995. The molecule has 0 amide bonds. The van der Waals surface area contributed by atoms with Gasteiger partial charge in [0, 0.05) is 6.04 Å². The first kappa shape index (κ1) is 8.96. The van der Waals surface area contributed by atoms with Gasteiger partial charge in [0.05, 0.1) is 0 Å². The van der Waals surface area contributed by atoms with Crippen molar-refractivity contribution in [1.29, 1.82) is 0 Å². The van der Waals surface area contributed by atoms with Crippen LogP contribution in [0.2, 0.25) is 0 Å². The Labute approximate surface area is 87.2 Å². The van der Waals surface area contributed by atoms with Crippen LogP contribution in [0, 0.1) is 17.3 Å². The Bertz CT molecular complexity index is 294. The zero-order valence-corrected chi connectivity index (χ0v) is 9.59. The second-order valence-electron chi connectivity index (χ2n) is 5.83. The maximum atomic E-state index is 2.58. The van der Waals surface area contributed by atoms with E-state index in [9.17, 15) is 0 Å². The largest absolute Gasteiger partial charge is 0.303 e. The van der Waals surface area contributed by atoms with Crippen molar-refractivity contribution in [2.24, 2.45) is 17.3 Å². The number of likely N-dealkylation sites (tertiary alicyclic amines) is 1. The van der Waals surface area contributed by atoms with Crippen LogP contribution >= 0.6 is 0 Å². The van der Waals surface area contributed by atoms with Gasteiger partial charge in [-0.3, -0.25) is 0 Å². The van der Waals surface area contributed by atoms with E-state index in [1.807, 2.05) is 0 Å². The maximum Gasteiger partial charge on any atom is 0.0133 e. The maximum absolute atomic E-state index is 2.58. The molecule has 1 nitrogen and oxygen atoms in total. The molecule has 0 aromatic carbocycles. The number of rotatable bonds is 0. The molecule has 3 rings (SSSR count). The van der Waals surface area contributed by atoms with Crippen LogP contribution in [0.5, 0.6) is 0 Å². The van der Waals surface area contributed by atoms with Crippen molar-refractivity contribution in [3.8, 4) is 0 Å². The zero-order valence-electron chi connectivity index (χ0n) is 9.59. The fraction of sp³-hybridized carbons (Fsp3) is 0.846. The number of fused-ring (bicyclic) bond motifs is 2. The van der Waals surface area contributed by atoms with Crippen LogP contribution in [-0.2, 0) is 0 Å². The van der Waals surface area contributed by atoms with Gasteiger partial charge in [0.25, 0.3) is 0 Å². The average molecular weight is 191 g/mol. The Balaban J connectivity index is 1.89. The highest BCUT2D eigenvalue weighted by molar-refractivity contribution is 5.28. The van der Waals surface area contributed by atoms with E-state index in [0.29, 0.717) is 5.41 Å². The lowest BCUT2D eigenvalue weighted by Crippen LogP contribution is -2.39. The van der Waals surface area contributed by atoms with Crippen molar-refractivity contribution in [1.82, 2.24) is 4.90 Å². The fourth-order valence-electron chi connectivity index (χ4n) is 4.12. The van der Waals surface area contributed by atoms with Gasteiger partial charge in [-0.05, 0) is 57.0 Å². The van der Waals surface area contributed by atoms with E-state index in [1.54, 1.807) is 5.57 Å². The molecule has 2 aliphatic carbocycles. The van der Waals surface area contributed by atoms with Crippen molar-refractivity contribution >= 4 is 0 Å². The van der Waals surface area contributed by atoms with Gasteiger partial charge in [0.1, 0.15) is 0 Å². The van der Waals surface area contributed by atoms with Crippen molar-refractivity contribution in [3.05, 3.63) is 11.6 Å². The van der Waals surface area contributed by atoms with Gasteiger partial charge in [-0.2, -0.15) is 0 Å². The van der Waals surface area contributed by atoms with Gasteiger partial charge >= 0.3 is 0 Å². The lowest BCUT2D eigenvalue weighted by atomic mass is 9.71. The van der Waals surface area contributed by atoms with E-state index in [1.165, 1.54) is 25.8 Å². The predicted molar refractivity (Wildman–Crippen MR) is 59.1 cm³/mol. The van der Waals surface area contributed by atoms with Crippen LogP contribution in [-0.4, -0.2) is 24.5 Å². The predicted octanol–water partition coefficient (Wildman–Crippen LogP) is 2.68. The highest BCUT2D eigenvalue weighted by Gasteiger charge is 2.58. The molecule has 1 spiro atoms. The molecule has 0 N–H and O–H groups in total. The molecule has 4 atom stereocenters. The molecule has 4 unspecified atom stereocenters. The van der Waals surface area contributed by atoms with Crippen LogP contribution in [0.1, 0.15) is 33.1 Å². The van der Waals surface area contributed by atoms with Gasteiger partial charge in [0.15, 0.2) is 0 Å². The molecule has 0 radical (unpaired) electrons. The third-order valence-corrected chi connectivity index (χ3v) is 4.95. The summed E-state index contributed by atoms with van der Waals surface area (Å²) >= 11 is 0. The third-order valence-electron chi connectivity index (χ3n) is 4.95. The Morgan fingerprint density at radius 2 is 2.29 bits per heavy atom. The van der Waals surface area contributed by atoms with E-state index in [2.05, 4.69) is 31.9 Å². The summed E-state index contributed by atoms with van der Waals surface area (Å²) in [6.07, 6.45) is 6.85. The lowest BCUT2D eigenvalue weighted by Gasteiger charge is -2.39. The number of piperidine rings is 1. The van der Waals surface area contributed by atoms with Crippen LogP contribution in [0.25, 0.3) is 0 Å². The summed E-state index contributed by atoms with van der Waals surface area (Å²) in [5.74, 6) is 1.84. The van der Waals surface area contributed by atoms with Gasteiger partial charge in [0.2, 0.25) is 0 Å². The summed E-state index contributed by atoms with van der Waals surface area (Å²) < 4.78 is 0. The van der Waals surface area contributed by atoms with Gasteiger partial charge < -0.3 is 4.90 Å². The summed E-state index contributed by atoms with van der Waals surface area (Å²) in [6, 6.07) is 0.928. The lowest BCUT2D eigenvalue weighted by molar-refractivity contribution is 0.136. The SMILES string of the molecule is CC1=CC(C)CC12CCN(C)C1CC12. The smallest absolute Gasteiger partial charge is 0.0133 e.